The lowest BCUT2D eigenvalue weighted by Gasteiger charge is -2.30. The van der Waals surface area contributed by atoms with Crippen molar-refractivity contribution in [1.29, 1.82) is 0 Å². The Kier molecular flexibility index (Phi) is 5.54. The second kappa shape index (κ2) is 7.17. The van der Waals surface area contributed by atoms with Crippen LogP contribution in [-0.4, -0.2) is 38.9 Å². The van der Waals surface area contributed by atoms with E-state index in [1.54, 1.807) is 0 Å². The minimum atomic E-state index is -3.34. The molecule has 1 fully saturated rings. The molecule has 0 spiro atoms. The van der Waals surface area contributed by atoms with Crippen LogP contribution in [0.4, 0.5) is 0 Å². The van der Waals surface area contributed by atoms with Gasteiger partial charge in [-0.05, 0) is 37.3 Å². The van der Waals surface area contributed by atoms with Gasteiger partial charge in [0.05, 0.1) is 0 Å². The van der Waals surface area contributed by atoms with E-state index in [0.29, 0.717) is 38.5 Å². The van der Waals surface area contributed by atoms with Crippen molar-refractivity contribution >= 4 is 10.2 Å². The van der Waals surface area contributed by atoms with Gasteiger partial charge in [0.15, 0.2) is 0 Å². The zero-order valence-corrected chi connectivity index (χ0v) is 12.5. The van der Waals surface area contributed by atoms with Crippen molar-refractivity contribution in [3.63, 3.8) is 0 Å². The summed E-state index contributed by atoms with van der Waals surface area (Å²) in [5, 5.41) is 0. The number of nitrogens with one attached hydrogen (secondary N) is 1. The Balaban J connectivity index is 1.79. The first-order valence-corrected chi connectivity index (χ1v) is 8.54. The van der Waals surface area contributed by atoms with Crippen LogP contribution in [0.2, 0.25) is 0 Å². The van der Waals surface area contributed by atoms with Gasteiger partial charge in [0.1, 0.15) is 0 Å². The van der Waals surface area contributed by atoms with E-state index in [9.17, 15) is 8.42 Å². The molecule has 1 aliphatic heterocycles. The SMILES string of the molecule is NCC1CCN(S(=O)(=O)NCCc2ccccc2)CC1. The monoisotopic (exact) mass is 297 g/mol. The second-order valence-corrected chi connectivity index (χ2v) is 6.97. The maximum atomic E-state index is 12.2. The highest BCUT2D eigenvalue weighted by Crippen LogP contribution is 2.17. The molecule has 1 aromatic carbocycles. The fraction of sp³-hybridized carbons (Fsp3) is 0.571. The molecule has 20 heavy (non-hydrogen) atoms. The van der Waals surface area contributed by atoms with Crippen LogP contribution in [0.15, 0.2) is 30.3 Å². The molecule has 112 valence electrons. The molecule has 0 aromatic heterocycles. The number of hydrogen-bond donors (Lipinski definition) is 2. The van der Waals surface area contributed by atoms with Crippen LogP contribution in [0.1, 0.15) is 18.4 Å². The molecule has 0 saturated carbocycles. The van der Waals surface area contributed by atoms with Gasteiger partial charge in [-0.25, -0.2) is 4.72 Å². The molecule has 0 radical (unpaired) electrons. The summed E-state index contributed by atoms with van der Waals surface area (Å²) in [6.45, 7) is 2.23. The van der Waals surface area contributed by atoms with Crippen molar-refractivity contribution in [2.24, 2.45) is 11.7 Å². The quantitative estimate of drug-likeness (QED) is 0.813. The predicted molar refractivity (Wildman–Crippen MR) is 80.4 cm³/mol. The molecule has 0 aliphatic carbocycles. The topological polar surface area (TPSA) is 75.4 Å². The average molecular weight is 297 g/mol. The van der Waals surface area contributed by atoms with E-state index in [4.69, 9.17) is 5.73 Å². The fourth-order valence-corrected chi connectivity index (χ4v) is 3.68. The van der Waals surface area contributed by atoms with Gasteiger partial charge in [-0.15, -0.1) is 0 Å². The highest BCUT2D eigenvalue weighted by Gasteiger charge is 2.26. The Morgan fingerprint density at radius 3 is 2.45 bits per heavy atom. The molecule has 1 saturated heterocycles. The number of piperidine rings is 1. The number of benzene rings is 1. The van der Waals surface area contributed by atoms with E-state index in [1.807, 2.05) is 30.3 Å². The number of hydrogen-bond acceptors (Lipinski definition) is 3. The van der Waals surface area contributed by atoms with Crippen LogP contribution < -0.4 is 10.5 Å². The molecular weight excluding hydrogens is 274 g/mol. The lowest BCUT2D eigenvalue weighted by molar-refractivity contribution is 0.276. The Labute approximate surface area is 121 Å². The van der Waals surface area contributed by atoms with Crippen molar-refractivity contribution in [2.45, 2.75) is 19.3 Å². The van der Waals surface area contributed by atoms with Crippen LogP contribution in [0, 0.1) is 5.92 Å². The zero-order chi connectivity index (χ0) is 14.4. The van der Waals surface area contributed by atoms with Crippen LogP contribution in [0.25, 0.3) is 0 Å². The van der Waals surface area contributed by atoms with Crippen molar-refractivity contribution in [1.82, 2.24) is 9.03 Å². The third kappa shape index (κ3) is 4.28. The zero-order valence-electron chi connectivity index (χ0n) is 11.7. The third-order valence-electron chi connectivity index (χ3n) is 3.79. The summed E-state index contributed by atoms with van der Waals surface area (Å²) in [5.41, 5.74) is 6.75. The van der Waals surface area contributed by atoms with Gasteiger partial charge in [-0.2, -0.15) is 12.7 Å². The molecule has 3 N–H and O–H groups in total. The average Bonchev–Trinajstić information content (AvgIpc) is 2.48. The number of nitrogens with two attached hydrogens (primary N) is 1. The molecule has 0 unspecified atom stereocenters. The lowest BCUT2D eigenvalue weighted by Crippen LogP contribution is -2.46. The van der Waals surface area contributed by atoms with Crippen molar-refractivity contribution < 1.29 is 8.42 Å². The lowest BCUT2D eigenvalue weighted by atomic mass is 9.99. The normalized spacial score (nSPS) is 18.2. The molecule has 1 heterocycles. The van der Waals surface area contributed by atoms with Gasteiger partial charge < -0.3 is 5.73 Å². The summed E-state index contributed by atoms with van der Waals surface area (Å²) in [4.78, 5) is 0. The van der Waals surface area contributed by atoms with Gasteiger partial charge in [0, 0.05) is 19.6 Å². The Morgan fingerprint density at radius 1 is 1.20 bits per heavy atom. The van der Waals surface area contributed by atoms with Gasteiger partial charge in [-0.3, -0.25) is 0 Å². The summed E-state index contributed by atoms with van der Waals surface area (Å²) in [7, 11) is -3.34. The molecule has 1 aromatic rings. The van der Waals surface area contributed by atoms with E-state index in [0.717, 1.165) is 18.4 Å². The summed E-state index contributed by atoms with van der Waals surface area (Å²) < 4.78 is 28.5. The van der Waals surface area contributed by atoms with Gasteiger partial charge in [0.2, 0.25) is 0 Å². The maximum absolute atomic E-state index is 12.2. The highest BCUT2D eigenvalue weighted by molar-refractivity contribution is 7.87. The van der Waals surface area contributed by atoms with E-state index >= 15 is 0 Å². The minimum absolute atomic E-state index is 0.434. The second-order valence-electron chi connectivity index (χ2n) is 5.21. The van der Waals surface area contributed by atoms with E-state index < -0.39 is 10.2 Å². The van der Waals surface area contributed by atoms with Crippen molar-refractivity contribution in [2.75, 3.05) is 26.2 Å². The molecule has 2 rings (SSSR count). The molecule has 6 heteroatoms. The number of rotatable bonds is 6. The van der Waals surface area contributed by atoms with Crippen LogP contribution in [0.3, 0.4) is 0 Å². The van der Waals surface area contributed by atoms with Gasteiger partial charge in [-0.1, -0.05) is 30.3 Å². The standard InChI is InChI=1S/C14H23N3O2S/c15-12-14-7-10-17(11-8-14)20(18,19)16-9-6-13-4-2-1-3-5-13/h1-5,14,16H,6-12,15H2. The Hall–Kier alpha value is -0.950. The molecular formula is C14H23N3O2S. The summed E-state index contributed by atoms with van der Waals surface area (Å²) in [6.07, 6.45) is 2.42. The Morgan fingerprint density at radius 2 is 1.85 bits per heavy atom. The summed E-state index contributed by atoms with van der Waals surface area (Å²) in [5.74, 6) is 0.464. The van der Waals surface area contributed by atoms with E-state index in [1.165, 1.54) is 4.31 Å². The first-order valence-electron chi connectivity index (χ1n) is 7.10. The fourth-order valence-electron chi connectivity index (χ4n) is 2.45. The van der Waals surface area contributed by atoms with Gasteiger partial charge >= 0.3 is 0 Å². The van der Waals surface area contributed by atoms with Crippen LogP contribution in [-0.2, 0) is 16.6 Å². The van der Waals surface area contributed by atoms with E-state index in [2.05, 4.69) is 4.72 Å². The number of nitrogens with zero attached hydrogens (tertiary/aromatic N) is 1. The van der Waals surface area contributed by atoms with Crippen LogP contribution in [0.5, 0.6) is 0 Å². The third-order valence-corrected chi connectivity index (χ3v) is 5.40. The van der Waals surface area contributed by atoms with Gasteiger partial charge in [0.25, 0.3) is 10.2 Å². The summed E-state index contributed by atoms with van der Waals surface area (Å²) in [6, 6.07) is 9.88. The molecule has 0 atom stereocenters. The van der Waals surface area contributed by atoms with Crippen molar-refractivity contribution in [3.8, 4) is 0 Å². The largest absolute Gasteiger partial charge is 0.330 e. The van der Waals surface area contributed by atoms with Crippen LogP contribution >= 0.6 is 0 Å². The smallest absolute Gasteiger partial charge is 0.279 e. The maximum Gasteiger partial charge on any atom is 0.279 e. The molecule has 1 aliphatic rings. The molecule has 0 amide bonds. The highest BCUT2D eigenvalue weighted by atomic mass is 32.2. The first kappa shape index (κ1) is 15.4. The molecule has 5 nitrogen and oxygen atoms in total. The van der Waals surface area contributed by atoms with E-state index in [-0.39, 0.29) is 0 Å². The Bertz CT molecular complexity index is 496. The first-order chi connectivity index (χ1) is 9.62. The summed E-state index contributed by atoms with van der Waals surface area (Å²) >= 11 is 0. The predicted octanol–water partition coefficient (Wildman–Crippen LogP) is 0.734. The minimum Gasteiger partial charge on any atom is -0.330 e. The van der Waals surface area contributed by atoms with Crippen molar-refractivity contribution in [3.05, 3.63) is 35.9 Å². The molecule has 0 bridgehead atoms.